The molecule has 0 atom stereocenters. The van der Waals surface area contributed by atoms with E-state index in [2.05, 4.69) is 34.5 Å². The van der Waals surface area contributed by atoms with E-state index in [4.69, 9.17) is 21.4 Å². The van der Waals surface area contributed by atoms with Gasteiger partial charge in [-0.05, 0) is 44.0 Å². The van der Waals surface area contributed by atoms with Gasteiger partial charge in [0.25, 0.3) is 0 Å². The number of morpholine rings is 1. The van der Waals surface area contributed by atoms with Gasteiger partial charge in [-0.25, -0.2) is 0 Å². The van der Waals surface area contributed by atoms with Crippen LogP contribution in [0.4, 0.5) is 0 Å². The summed E-state index contributed by atoms with van der Waals surface area (Å²) in [7, 11) is 0. The van der Waals surface area contributed by atoms with Gasteiger partial charge in [-0.3, -0.25) is 14.4 Å². The van der Waals surface area contributed by atoms with Crippen molar-refractivity contribution < 1.29 is 9.53 Å². The van der Waals surface area contributed by atoms with Crippen molar-refractivity contribution in [2.75, 3.05) is 32.8 Å². The van der Waals surface area contributed by atoms with Crippen LogP contribution < -0.4 is 5.32 Å². The highest BCUT2D eigenvalue weighted by atomic mass is 35.5. The molecule has 3 aromatic rings. The van der Waals surface area contributed by atoms with E-state index in [9.17, 15) is 4.79 Å². The van der Waals surface area contributed by atoms with Crippen molar-refractivity contribution >= 4 is 17.5 Å². The zero-order valence-corrected chi connectivity index (χ0v) is 20.0. The van der Waals surface area contributed by atoms with Crippen LogP contribution in [-0.4, -0.2) is 59.5 Å². The minimum absolute atomic E-state index is 0.0682. The lowest BCUT2D eigenvalue weighted by atomic mass is 10.1. The first-order valence-electron chi connectivity index (χ1n) is 11.5. The maximum absolute atomic E-state index is 12.5. The number of ether oxygens (including phenoxy) is 1. The predicted molar refractivity (Wildman–Crippen MR) is 132 cm³/mol. The Morgan fingerprint density at radius 3 is 2.55 bits per heavy atom. The number of carbonyl (C=O) groups is 1. The number of nitrogens with one attached hydrogen (secondary N) is 1. The summed E-state index contributed by atoms with van der Waals surface area (Å²) in [6.45, 7) is 8.75. The van der Waals surface area contributed by atoms with Gasteiger partial charge in [0.15, 0.2) is 0 Å². The Hall–Kier alpha value is -2.67. The highest BCUT2D eigenvalue weighted by Gasteiger charge is 2.15. The maximum atomic E-state index is 12.5. The number of amides is 1. The third-order valence-corrected chi connectivity index (χ3v) is 5.95. The van der Waals surface area contributed by atoms with Crippen LogP contribution >= 0.6 is 11.6 Å². The van der Waals surface area contributed by atoms with E-state index in [0.717, 1.165) is 61.8 Å². The first-order chi connectivity index (χ1) is 16.0. The molecule has 33 heavy (non-hydrogen) atoms. The van der Waals surface area contributed by atoms with Crippen molar-refractivity contribution in [1.82, 2.24) is 20.0 Å². The first kappa shape index (κ1) is 23.5. The third kappa shape index (κ3) is 6.44. The number of carbonyl (C=O) groups excluding carboxylic acids is 1. The van der Waals surface area contributed by atoms with E-state index in [1.807, 2.05) is 44.2 Å². The summed E-state index contributed by atoms with van der Waals surface area (Å²) in [5.41, 5.74) is 4.96. The normalized spacial score (nSPS) is 14.5. The summed E-state index contributed by atoms with van der Waals surface area (Å²) >= 11 is 6.23. The van der Waals surface area contributed by atoms with Crippen LogP contribution in [-0.2, 0) is 22.5 Å². The number of nitrogens with zero attached hydrogens (tertiary/aromatic N) is 3. The number of rotatable bonds is 8. The van der Waals surface area contributed by atoms with E-state index in [1.54, 1.807) is 4.68 Å². The van der Waals surface area contributed by atoms with Gasteiger partial charge < -0.3 is 10.1 Å². The average Bonchev–Trinajstić information content (AvgIpc) is 3.22. The Labute approximate surface area is 200 Å². The average molecular weight is 467 g/mol. The van der Waals surface area contributed by atoms with Crippen LogP contribution in [0.5, 0.6) is 0 Å². The molecular formula is C26H31ClN4O2. The van der Waals surface area contributed by atoms with E-state index in [-0.39, 0.29) is 18.5 Å². The lowest BCUT2D eigenvalue weighted by molar-refractivity contribution is -0.122. The molecule has 0 aliphatic carbocycles. The topological polar surface area (TPSA) is 59.4 Å². The quantitative estimate of drug-likeness (QED) is 0.538. The van der Waals surface area contributed by atoms with Crippen molar-refractivity contribution in [1.29, 1.82) is 0 Å². The van der Waals surface area contributed by atoms with Crippen molar-refractivity contribution in [3.8, 4) is 22.5 Å². The molecule has 0 radical (unpaired) electrons. The zero-order valence-electron chi connectivity index (χ0n) is 19.3. The van der Waals surface area contributed by atoms with Gasteiger partial charge >= 0.3 is 0 Å². The molecular weight excluding hydrogens is 436 g/mol. The van der Waals surface area contributed by atoms with Crippen molar-refractivity contribution in [2.45, 2.75) is 32.9 Å². The summed E-state index contributed by atoms with van der Waals surface area (Å²) in [4.78, 5) is 14.9. The molecule has 1 N–H and O–H groups in total. The largest absolute Gasteiger partial charge is 0.379 e. The van der Waals surface area contributed by atoms with Crippen LogP contribution in [0.2, 0.25) is 5.02 Å². The van der Waals surface area contributed by atoms with E-state index < -0.39 is 0 Å². The fourth-order valence-electron chi connectivity index (χ4n) is 4.02. The van der Waals surface area contributed by atoms with Crippen LogP contribution in [0.3, 0.4) is 0 Å². The lowest BCUT2D eigenvalue weighted by Gasteiger charge is -2.26. The second-order valence-electron chi connectivity index (χ2n) is 8.71. The zero-order chi connectivity index (χ0) is 23.2. The van der Waals surface area contributed by atoms with Crippen LogP contribution in [0.15, 0.2) is 54.6 Å². The molecule has 0 saturated carbocycles. The Morgan fingerprint density at radius 2 is 1.85 bits per heavy atom. The molecule has 2 heterocycles. The van der Waals surface area contributed by atoms with E-state index >= 15 is 0 Å². The number of benzene rings is 2. The Bertz CT molecular complexity index is 1070. The van der Waals surface area contributed by atoms with Gasteiger partial charge in [-0.1, -0.05) is 48.0 Å². The Morgan fingerprint density at radius 1 is 1.09 bits per heavy atom. The number of halogens is 1. The summed E-state index contributed by atoms with van der Waals surface area (Å²) < 4.78 is 7.18. The fourth-order valence-corrected chi connectivity index (χ4v) is 4.21. The van der Waals surface area contributed by atoms with Crippen molar-refractivity contribution in [2.24, 2.45) is 0 Å². The monoisotopic (exact) mass is 466 g/mol. The summed E-state index contributed by atoms with van der Waals surface area (Å²) in [5, 5.41) is 8.37. The van der Waals surface area contributed by atoms with Gasteiger partial charge in [0.05, 0.1) is 24.6 Å². The molecule has 0 bridgehead atoms. The van der Waals surface area contributed by atoms with Gasteiger partial charge in [-0.15, -0.1) is 0 Å². The van der Waals surface area contributed by atoms with Crippen LogP contribution in [0.25, 0.3) is 22.5 Å². The fraction of sp³-hybridized carbons (Fsp3) is 0.385. The maximum Gasteiger partial charge on any atom is 0.241 e. The van der Waals surface area contributed by atoms with Gasteiger partial charge in [0.2, 0.25) is 5.91 Å². The predicted octanol–water partition coefficient (Wildman–Crippen LogP) is 4.27. The molecule has 174 valence electrons. The van der Waals surface area contributed by atoms with Crippen molar-refractivity contribution in [3.05, 3.63) is 65.2 Å². The smallest absolute Gasteiger partial charge is 0.241 e. The van der Waals surface area contributed by atoms with Crippen LogP contribution in [0, 0.1) is 0 Å². The first-order valence-corrected chi connectivity index (χ1v) is 11.9. The minimum Gasteiger partial charge on any atom is -0.379 e. The summed E-state index contributed by atoms with van der Waals surface area (Å²) in [5.74, 6) is -0.0682. The molecule has 1 saturated heterocycles. The second-order valence-corrected chi connectivity index (χ2v) is 9.14. The highest BCUT2D eigenvalue weighted by Crippen LogP contribution is 2.28. The van der Waals surface area contributed by atoms with Crippen LogP contribution in [0.1, 0.15) is 19.4 Å². The SMILES string of the molecule is CC(C)NC(=O)Cn1nc(-c2ccc(CCN3CCOCC3)cc2)cc1-c1cccc(Cl)c1. The lowest BCUT2D eigenvalue weighted by Crippen LogP contribution is -2.37. The molecule has 7 heteroatoms. The molecule has 1 aliphatic rings. The Kier molecular flexibility index (Phi) is 7.81. The molecule has 0 unspecified atom stereocenters. The molecule has 1 fully saturated rings. The molecule has 6 nitrogen and oxygen atoms in total. The number of hydrogen-bond donors (Lipinski definition) is 1. The van der Waals surface area contributed by atoms with Crippen molar-refractivity contribution in [3.63, 3.8) is 0 Å². The molecule has 1 amide bonds. The second kappa shape index (κ2) is 11.0. The molecule has 2 aromatic carbocycles. The summed E-state index contributed by atoms with van der Waals surface area (Å²) in [6.07, 6.45) is 1.01. The number of aromatic nitrogens is 2. The molecule has 1 aliphatic heterocycles. The van der Waals surface area contributed by atoms with Gasteiger partial charge in [-0.2, -0.15) is 5.10 Å². The Balaban J connectivity index is 1.54. The van der Waals surface area contributed by atoms with Gasteiger partial charge in [0.1, 0.15) is 6.54 Å². The van der Waals surface area contributed by atoms with E-state index in [0.29, 0.717) is 5.02 Å². The summed E-state index contributed by atoms with van der Waals surface area (Å²) in [6, 6.07) is 18.3. The third-order valence-electron chi connectivity index (χ3n) is 5.71. The number of hydrogen-bond acceptors (Lipinski definition) is 4. The highest BCUT2D eigenvalue weighted by molar-refractivity contribution is 6.30. The van der Waals surface area contributed by atoms with Gasteiger partial charge in [0, 0.05) is 41.8 Å². The molecule has 0 spiro atoms. The molecule has 1 aromatic heterocycles. The van der Waals surface area contributed by atoms with E-state index in [1.165, 1.54) is 5.56 Å². The minimum atomic E-state index is -0.0682. The standard InChI is InChI=1S/C26H31ClN4O2/c1-19(2)28-26(32)18-31-25(22-4-3-5-23(27)16-22)17-24(29-31)21-8-6-20(7-9-21)10-11-30-12-14-33-15-13-30/h3-9,16-17,19H,10-15,18H2,1-2H3,(H,28,32). The molecule has 4 rings (SSSR count).